The molecule has 0 amide bonds. The molecule has 0 aromatic heterocycles. The molecule has 2 N–H and O–H groups in total. The second-order valence-corrected chi connectivity index (χ2v) is 4.27. The van der Waals surface area contributed by atoms with E-state index in [9.17, 15) is 18.0 Å². The van der Waals surface area contributed by atoms with Gasteiger partial charge in [-0.1, -0.05) is 0 Å². The molecule has 0 heterocycles. The molecule has 1 atom stereocenters. The lowest BCUT2D eigenvalue weighted by atomic mass is 10.1. The molecular formula is C9H16F3NO2. The molecule has 0 spiro atoms. The van der Waals surface area contributed by atoms with E-state index < -0.39 is 30.2 Å². The minimum atomic E-state index is -4.46. The summed E-state index contributed by atoms with van der Waals surface area (Å²) in [5.74, 6) is -0.665. The molecule has 6 heteroatoms. The lowest BCUT2D eigenvalue weighted by Gasteiger charge is -2.20. The van der Waals surface area contributed by atoms with Gasteiger partial charge in [0.15, 0.2) is 0 Å². The van der Waals surface area contributed by atoms with E-state index in [-0.39, 0.29) is 6.42 Å². The molecule has 0 saturated heterocycles. The number of esters is 1. The van der Waals surface area contributed by atoms with E-state index >= 15 is 0 Å². The van der Waals surface area contributed by atoms with Gasteiger partial charge in [-0.15, -0.1) is 0 Å². The van der Waals surface area contributed by atoms with Gasteiger partial charge in [-0.05, 0) is 27.2 Å². The minimum absolute atomic E-state index is 0.321. The molecule has 0 fully saturated rings. The van der Waals surface area contributed by atoms with Gasteiger partial charge < -0.3 is 10.5 Å². The van der Waals surface area contributed by atoms with Crippen molar-refractivity contribution in [2.75, 3.05) is 0 Å². The first kappa shape index (κ1) is 14.2. The number of halogens is 3. The van der Waals surface area contributed by atoms with Crippen molar-refractivity contribution in [2.45, 2.75) is 51.4 Å². The molecular weight excluding hydrogens is 211 g/mol. The topological polar surface area (TPSA) is 52.3 Å². The van der Waals surface area contributed by atoms with Crippen LogP contribution in [0.2, 0.25) is 0 Å². The molecule has 0 aromatic carbocycles. The normalized spacial score (nSPS) is 14.9. The van der Waals surface area contributed by atoms with Crippen LogP contribution in [-0.4, -0.2) is 23.8 Å². The SMILES string of the molecule is CC(C)(C)OC(=O)CC[C@@H](N)C(F)(F)F. The smallest absolute Gasteiger partial charge is 0.403 e. The summed E-state index contributed by atoms with van der Waals surface area (Å²) >= 11 is 0. The Kier molecular flexibility index (Phi) is 4.58. The van der Waals surface area contributed by atoms with Gasteiger partial charge in [0.25, 0.3) is 0 Å². The van der Waals surface area contributed by atoms with Crippen LogP contribution < -0.4 is 5.73 Å². The average molecular weight is 227 g/mol. The van der Waals surface area contributed by atoms with Gasteiger partial charge in [-0.25, -0.2) is 0 Å². The summed E-state index contributed by atoms with van der Waals surface area (Å²) in [6.45, 7) is 4.94. The van der Waals surface area contributed by atoms with Gasteiger partial charge in [-0.2, -0.15) is 13.2 Å². The molecule has 0 bridgehead atoms. The Morgan fingerprint density at radius 3 is 2.13 bits per heavy atom. The van der Waals surface area contributed by atoms with Crippen molar-refractivity contribution in [1.29, 1.82) is 0 Å². The maximum Gasteiger partial charge on any atom is 0.403 e. The summed E-state index contributed by atoms with van der Waals surface area (Å²) in [5.41, 5.74) is 4.15. The molecule has 0 aromatic rings. The Morgan fingerprint density at radius 2 is 1.80 bits per heavy atom. The summed E-state index contributed by atoms with van der Waals surface area (Å²) in [4.78, 5) is 11.0. The quantitative estimate of drug-likeness (QED) is 0.750. The number of carbonyl (C=O) groups is 1. The van der Waals surface area contributed by atoms with Crippen LogP contribution >= 0.6 is 0 Å². The standard InChI is InChI=1S/C9H16F3NO2/c1-8(2,3)15-7(14)5-4-6(13)9(10,11)12/h6H,4-5,13H2,1-3H3/t6-/m1/s1. The molecule has 15 heavy (non-hydrogen) atoms. The van der Waals surface area contributed by atoms with E-state index in [0.29, 0.717) is 0 Å². The van der Waals surface area contributed by atoms with E-state index in [1.807, 2.05) is 0 Å². The molecule has 0 radical (unpaired) electrons. The highest BCUT2D eigenvalue weighted by Crippen LogP contribution is 2.22. The minimum Gasteiger partial charge on any atom is -0.460 e. The third-order valence-corrected chi connectivity index (χ3v) is 1.50. The number of nitrogens with two attached hydrogens (primary N) is 1. The monoisotopic (exact) mass is 227 g/mol. The Morgan fingerprint density at radius 1 is 1.33 bits per heavy atom. The predicted octanol–water partition coefficient (Wildman–Crippen LogP) is 2.00. The van der Waals surface area contributed by atoms with Crippen molar-refractivity contribution in [1.82, 2.24) is 0 Å². The lowest BCUT2D eigenvalue weighted by Crippen LogP contribution is -2.38. The molecule has 0 aliphatic carbocycles. The van der Waals surface area contributed by atoms with Crippen LogP contribution in [0.5, 0.6) is 0 Å². The summed E-state index contributed by atoms with van der Waals surface area (Å²) < 4.78 is 40.7. The van der Waals surface area contributed by atoms with Crippen molar-refractivity contribution >= 4 is 5.97 Å². The van der Waals surface area contributed by atoms with Crippen LogP contribution in [0.1, 0.15) is 33.6 Å². The number of hydrogen-bond donors (Lipinski definition) is 1. The van der Waals surface area contributed by atoms with Gasteiger partial charge in [0.1, 0.15) is 11.6 Å². The number of rotatable bonds is 3. The first-order chi connectivity index (χ1) is 6.52. The average Bonchev–Trinajstić information content (AvgIpc) is 1.94. The predicted molar refractivity (Wildman–Crippen MR) is 49.1 cm³/mol. The van der Waals surface area contributed by atoms with Gasteiger partial charge in [0.2, 0.25) is 0 Å². The summed E-state index contributed by atoms with van der Waals surface area (Å²) in [7, 11) is 0. The van der Waals surface area contributed by atoms with Gasteiger partial charge in [0.05, 0.1) is 0 Å². The number of hydrogen-bond acceptors (Lipinski definition) is 3. The number of carbonyl (C=O) groups excluding carboxylic acids is 1. The van der Waals surface area contributed by atoms with Crippen molar-refractivity contribution in [2.24, 2.45) is 5.73 Å². The van der Waals surface area contributed by atoms with Crippen LogP contribution in [0.3, 0.4) is 0 Å². The Bertz CT molecular complexity index is 220. The highest BCUT2D eigenvalue weighted by atomic mass is 19.4. The van der Waals surface area contributed by atoms with E-state index in [1.54, 1.807) is 20.8 Å². The fraction of sp³-hybridized carbons (Fsp3) is 0.889. The fourth-order valence-corrected chi connectivity index (χ4v) is 0.830. The zero-order valence-electron chi connectivity index (χ0n) is 9.02. The van der Waals surface area contributed by atoms with Crippen LogP contribution in [0.25, 0.3) is 0 Å². The Hall–Kier alpha value is -0.780. The van der Waals surface area contributed by atoms with Crippen LogP contribution in [0.4, 0.5) is 13.2 Å². The molecule has 0 rings (SSSR count). The van der Waals surface area contributed by atoms with E-state index in [2.05, 4.69) is 0 Å². The Balaban J connectivity index is 3.92. The molecule has 0 saturated carbocycles. The highest BCUT2D eigenvalue weighted by molar-refractivity contribution is 5.69. The van der Waals surface area contributed by atoms with Gasteiger partial charge >= 0.3 is 12.1 Å². The summed E-state index contributed by atoms with van der Waals surface area (Å²) in [5, 5.41) is 0. The van der Waals surface area contributed by atoms with E-state index in [4.69, 9.17) is 10.5 Å². The van der Waals surface area contributed by atoms with Crippen molar-refractivity contribution < 1.29 is 22.7 Å². The zero-order chi connectivity index (χ0) is 12.3. The third kappa shape index (κ3) is 7.18. The second kappa shape index (κ2) is 4.83. The summed E-state index contributed by atoms with van der Waals surface area (Å²) in [6, 6.07) is -1.97. The highest BCUT2D eigenvalue weighted by Gasteiger charge is 2.36. The summed E-state index contributed by atoms with van der Waals surface area (Å²) in [6.07, 6.45) is -5.22. The van der Waals surface area contributed by atoms with Crippen LogP contribution in [-0.2, 0) is 9.53 Å². The fourth-order valence-electron chi connectivity index (χ4n) is 0.830. The number of alkyl halides is 3. The van der Waals surface area contributed by atoms with Crippen molar-refractivity contribution in [3.8, 4) is 0 Å². The molecule has 0 unspecified atom stereocenters. The van der Waals surface area contributed by atoms with Crippen LogP contribution in [0, 0.1) is 0 Å². The first-order valence-corrected chi connectivity index (χ1v) is 4.56. The van der Waals surface area contributed by atoms with E-state index in [1.165, 1.54) is 0 Å². The van der Waals surface area contributed by atoms with E-state index in [0.717, 1.165) is 0 Å². The van der Waals surface area contributed by atoms with Crippen molar-refractivity contribution in [3.05, 3.63) is 0 Å². The van der Waals surface area contributed by atoms with Crippen molar-refractivity contribution in [3.63, 3.8) is 0 Å². The molecule has 3 nitrogen and oxygen atoms in total. The zero-order valence-corrected chi connectivity index (χ0v) is 9.02. The Labute approximate surface area is 86.8 Å². The second-order valence-electron chi connectivity index (χ2n) is 4.27. The molecule has 0 aliphatic heterocycles. The molecule has 0 aliphatic rings. The first-order valence-electron chi connectivity index (χ1n) is 4.56. The third-order valence-electron chi connectivity index (χ3n) is 1.50. The maximum absolute atomic E-state index is 12.0. The molecule has 90 valence electrons. The van der Waals surface area contributed by atoms with Gasteiger partial charge in [0, 0.05) is 6.42 Å². The maximum atomic E-state index is 12.0. The number of ether oxygens (including phenoxy) is 1. The van der Waals surface area contributed by atoms with Crippen LogP contribution in [0.15, 0.2) is 0 Å². The largest absolute Gasteiger partial charge is 0.460 e. The lowest BCUT2D eigenvalue weighted by molar-refractivity contribution is -0.160. The van der Waals surface area contributed by atoms with Gasteiger partial charge in [-0.3, -0.25) is 4.79 Å².